The van der Waals surface area contributed by atoms with E-state index in [1.54, 1.807) is 11.3 Å². The fourth-order valence-electron chi connectivity index (χ4n) is 2.03. The number of hydrogen-bond acceptors (Lipinski definition) is 4. The van der Waals surface area contributed by atoms with Gasteiger partial charge in [-0.2, -0.15) is 11.8 Å². The monoisotopic (exact) mass is 284 g/mol. The highest BCUT2D eigenvalue weighted by Crippen LogP contribution is 2.36. The normalized spacial score (nSPS) is 13.9. The molecule has 0 bridgehead atoms. The third kappa shape index (κ3) is 3.28. The zero-order chi connectivity index (χ0) is 13.0. The molecule has 0 atom stereocenters. The number of nitrogens with one attached hydrogen (secondary N) is 1. The highest BCUT2D eigenvalue weighted by Gasteiger charge is 2.18. The molecule has 0 saturated carbocycles. The van der Waals surface area contributed by atoms with E-state index < -0.39 is 0 Å². The van der Waals surface area contributed by atoms with Crippen molar-refractivity contribution in [1.29, 1.82) is 0 Å². The summed E-state index contributed by atoms with van der Waals surface area (Å²) >= 11 is 3.58. The minimum Gasteiger partial charge on any atom is -0.350 e. The fourth-order valence-corrected chi connectivity index (χ4v) is 4.45. The van der Waals surface area contributed by atoms with Crippen molar-refractivity contribution >= 4 is 29.0 Å². The van der Waals surface area contributed by atoms with Crippen molar-refractivity contribution in [1.82, 2.24) is 10.2 Å². The Kier molecular flexibility index (Phi) is 5.09. The maximum Gasteiger partial charge on any atom is 0.261 e. The molecule has 0 fully saturated rings. The third-order valence-electron chi connectivity index (χ3n) is 3.22. The van der Waals surface area contributed by atoms with Crippen LogP contribution in [0.4, 0.5) is 0 Å². The molecule has 1 aliphatic heterocycles. The van der Waals surface area contributed by atoms with E-state index in [1.807, 2.05) is 11.8 Å². The smallest absolute Gasteiger partial charge is 0.261 e. The van der Waals surface area contributed by atoms with Gasteiger partial charge in [-0.15, -0.1) is 11.3 Å². The van der Waals surface area contributed by atoms with Gasteiger partial charge in [-0.25, -0.2) is 0 Å². The molecule has 0 saturated heterocycles. The lowest BCUT2D eigenvalue weighted by Gasteiger charge is -2.17. The molecule has 1 amide bonds. The van der Waals surface area contributed by atoms with Gasteiger partial charge in [0.15, 0.2) is 0 Å². The number of thiophene rings is 1. The maximum absolute atomic E-state index is 12.0. The van der Waals surface area contributed by atoms with Gasteiger partial charge in [0.1, 0.15) is 0 Å². The lowest BCUT2D eigenvalue weighted by atomic mass is 10.3. The first-order valence-electron chi connectivity index (χ1n) is 6.44. The molecule has 1 N–H and O–H groups in total. The van der Waals surface area contributed by atoms with Gasteiger partial charge in [-0.1, -0.05) is 13.8 Å². The van der Waals surface area contributed by atoms with Crippen LogP contribution in [0.5, 0.6) is 0 Å². The van der Waals surface area contributed by atoms with Gasteiger partial charge in [0.2, 0.25) is 0 Å². The van der Waals surface area contributed by atoms with Crippen LogP contribution >= 0.6 is 23.1 Å². The summed E-state index contributed by atoms with van der Waals surface area (Å²) in [5, 5.41) is 3.01. The molecule has 2 rings (SSSR count). The van der Waals surface area contributed by atoms with E-state index in [0.29, 0.717) is 0 Å². The average Bonchev–Trinajstić information content (AvgIpc) is 2.95. The highest BCUT2D eigenvalue weighted by atomic mass is 32.2. The number of carbonyl (C=O) groups is 1. The summed E-state index contributed by atoms with van der Waals surface area (Å²) in [6.45, 7) is 8.03. The zero-order valence-electron chi connectivity index (χ0n) is 11.0. The first-order chi connectivity index (χ1) is 8.74. The molecular weight excluding hydrogens is 264 g/mol. The van der Waals surface area contributed by atoms with Crippen LogP contribution in [0.3, 0.4) is 0 Å². The third-order valence-corrected chi connectivity index (χ3v) is 5.59. The predicted molar refractivity (Wildman–Crippen MR) is 79.4 cm³/mol. The number of likely N-dealkylation sites (N-methyl/N-ethyl adjacent to an activating group) is 1. The summed E-state index contributed by atoms with van der Waals surface area (Å²) < 4.78 is 0. The summed E-state index contributed by atoms with van der Waals surface area (Å²) in [5.41, 5.74) is 1.36. The molecule has 100 valence electrons. The zero-order valence-corrected chi connectivity index (χ0v) is 12.6. The number of nitrogens with zero attached hydrogens (tertiary/aromatic N) is 1. The van der Waals surface area contributed by atoms with Crippen molar-refractivity contribution in [3.63, 3.8) is 0 Å². The minimum atomic E-state index is 0.0894. The SMILES string of the molecule is CCN(CC)CCNC(=O)c1cc2c(s1)CSC2. The Labute approximate surface area is 117 Å². The lowest BCUT2D eigenvalue weighted by molar-refractivity contribution is 0.0953. The van der Waals surface area contributed by atoms with E-state index in [1.165, 1.54) is 10.4 Å². The Morgan fingerprint density at radius 2 is 2.17 bits per heavy atom. The largest absolute Gasteiger partial charge is 0.350 e. The molecule has 1 aliphatic rings. The number of fused-ring (bicyclic) bond motifs is 1. The van der Waals surface area contributed by atoms with E-state index in [0.717, 1.165) is 42.6 Å². The van der Waals surface area contributed by atoms with Crippen molar-refractivity contribution in [2.45, 2.75) is 25.4 Å². The van der Waals surface area contributed by atoms with E-state index in [9.17, 15) is 4.79 Å². The van der Waals surface area contributed by atoms with Crippen LogP contribution in [0.1, 0.15) is 34.0 Å². The summed E-state index contributed by atoms with van der Waals surface area (Å²) in [6, 6.07) is 2.06. The number of thioether (sulfide) groups is 1. The van der Waals surface area contributed by atoms with Crippen LogP contribution in [0, 0.1) is 0 Å². The van der Waals surface area contributed by atoms with Crippen LogP contribution < -0.4 is 5.32 Å². The Morgan fingerprint density at radius 1 is 1.39 bits per heavy atom. The standard InChI is InChI=1S/C13H20N2OS2/c1-3-15(4-2)6-5-14-13(16)11-7-10-8-17-9-12(10)18-11/h7H,3-6,8-9H2,1-2H3,(H,14,16). The van der Waals surface area contributed by atoms with E-state index in [4.69, 9.17) is 0 Å². The molecule has 5 heteroatoms. The predicted octanol–water partition coefficient (Wildman–Crippen LogP) is 2.57. The Bertz CT molecular complexity index is 392. The summed E-state index contributed by atoms with van der Waals surface area (Å²) in [4.78, 5) is 16.6. The highest BCUT2D eigenvalue weighted by molar-refractivity contribution is 7.98. The molecular formula is C13H20N2OS2. The molecule has 0 aromatic carbocycles. The number of hydrogen-bond donors (Lipinski definition) is 1. The van der Waals surface area contributed by atoms with Crippen molar-refractivity contribution < 1.29 is 4.79 Å². The average molecular weight is 284 g/mol. The summed E-state index contributed by atoms with van der Waals surface area (Å²) in [5.74, 6) is 2.23. The summed E-state index contributed by atoms with van der Waals surface area (Å²) in [6.07, 6.45) is 0. The van der Waals surface area contributed by atoms with Crippen molar-refractivity contribution in [3.05, 3.63) is 21.4 Å². The first-order valence-corrected chi connectivity index (χ1v) is 8.41. The fraction of sp³-hybridized carbons (Fsp3) is 0.615. The van der Waals surface area contributed by atoms with Gasteiger partial charge >= 0.3 is 0 Å². The van der Waals surface area contributed by atoms with Crippen LogP contribution in [0.25, 0.3) is 0 Å². The van der Waals surface area contributed by atoms with Gasteiger partial charge in [-0.3, -0.25) is 4.79 Å². The van der Waals surface area contributed by atoms with Crippen LogP contribution in [0.2, 0.25) is 0 Å². The van der Waals surface area contributed by atoms with Gasteiger partial charge in [0.05, 0.1) is 4.88 Å². The van der Waals surface area contributed by atoms with Gasteiger partial charge in [0, 0.05) is 29.5 Å². The second-order valence-electron chi connectivity index (χ2n) is 4.33. The lowest BCUT2D eigenvalue weighted by Crippen LogP contribution is -2.34. The molecule has 1 aromatic rings. The molecule has 0 spiro atoms. The summed E-state index contributed by atoms with van der Waals surface area (Å²) in [7, 11) is 0. The maximum atomic E-state index is 12.0. The molecule has 1 aromatic heterocycles. The number of carbonyl (C=O) groups excluding carboxylic acids is 1. The van der Waals surface area contributed by atoms with Crippen LogP contribution in [0.15, 0.2) is 6.07 Å². The van der Waals surface area contributed by atoms with Gasteiger partial charge < -0.3 is 10.2 Å². The molecule has 0 aliphatic carbocycles. The van der Waals surface area contributed by atoms with Gasteiger partial charge in [0.25, 0.3) is 5.91 Å². The molecule has 18 heavy (non-hydrogen) atoms. The first kappa shape index (κ1) is 13.9. The molecule has 0 radical (unpaired) electrons. The minimum absolute atomic E-state index is 0.0894. The van der Waals surface area contributed by atoms with E-state index in [2.05, 4.69) is 30.1 Å². The van der Waals surface area contributed by atoms with Gasteiger partial charge in [-0.05, 0) is 24.7 Å². The molecule has 3 nitrogen and oxygen atoms in total. The molecule has 0 unspecified atom stereocenters. The second kappa shape index (κ2) is 6.59. The topological polar surface area (TPSA) is 32.3 Å². The van der Waals surface area contributed by atoms with Crippen molar-refractivity contribution in [3.8, 4) is 0 Å². The van der Waals surface area contributed by atoms with Crippen molar-refractivity contribution in [2.24, 2.45) is 0 Å². The Hall–Kier alpha value is -0.520. The van der Waals surface area contributed by atoms with Crippen LogP contribution in [-0.2, 0) is 11.5 Å². The molecule has 2 heterocycles. The number of rotatable bonds is 6. The quantitative estimate of drug-likeness (QED) is 0.871. The Morgan fingerprint density at radius 3 is 2.83 bits per heavy atom. The Balaban J connectivity index is 1.81. The van der Waals surface area contributed by atoms with Crippen molar-refractivity contribution in [2.75, 3.05) is 26.2 Å². The van der Waals surface area contributed by atoms with Crippen LogP contribution in [-0.4, -0.2) is 37.0 Å². The van der Waals surface area contributed by atoms with E-state index in [-0.39, 0.29) is 5.91 Å². The second-order valence-corrected chi connectivity index (χ2v) is 6.46. The van der Waals surface area contributed by atoms with E-state index >= 15 is 0 Å². The number of amides is 1.